The quantitative estimate of drug-likeness (QED) is 0.195. The molecule has 188 valence electrons. The zero-order valence-corrected chi connectivity index (χ0v) is 20.2. The van der Waals surface area contributed by atoms with Crippen molar-refractivity contribution in [2.45, 2.75) is 83.9 Å². The smallest absolute Gasteiger partial charge is 0.427 e. The Hall–Kier alpha value is -2.41. The van der Waals surface area contributed by atoms with Gasteiger partial charge >= 0.3 is 12.1 Å². The summed E-state index contributed by atoms with van der Waals surface area (Å²) in [6.07, 6.45) is 5.29. The first-order chi connectivity index (χ1) is 16.3. The molecule has 0 fully saturated rings. The van der Waals surface area contributed by atoms with Crippen molar-refractivity contribution in [3.63, 3.8) is 0 Å². The zero-order chi connectivity index (χ0) is 24.8. The number of unbranched alkanes of at least 4 members (excludes halogenated alkanes) is 6. The molecule has 0 aliphatic rings. The Balaban J connectivity index is 1.87. The Morgan fingerprint density at radius 2 is 1.59 bits per heavy atom. The van der Waals surface area contributed by atoms with E-state index in [9.17, 15) is 18.0 Å². The van der Waals surface area contributed by atoms with Crippen LogP contribution in [0.5, 0.6) is 0 Å². The summed E-state index contributed by atoms with van der Waals surface area (Å²) < 4.78 is 49.0. The van der Waals surface area contributed by atoms with E-state index in [0.717, 1.165) is 24.1 Å². The second-order valence-electron chi connectivity index (χ2n) is 8.51. The van der Waals surface area contributed by atoms with Crippen LogP contribution in [-0.4, -0.2) is 36.4 Å². The van der Waals surface area contributed by atoms with Crippen molar-refractivity contribution in [3.05, 3.63) is 53.7 Å². The molecule has 1 unspecified atom stereocenters. The molecule has 2 rings (SSSR count). The first kappa shape index (κ1) is 27.8. The van der Waals surface area contributed by atoms with Crippen LogP contribution in [-0.2, 0) is 15.9 Å². The van der Waals surface area contributed by atoms with Gasteiger partial charge in [0.2, 0.25) is 6.10 Å². The third-order valence-electron chi connectivity index (χ3n) is 5.54. The molecular formula is C27H36F3NO3. The minimum Gasteiger partial charge on any atom is -0.447 e. The Morgan fingerprint density at radius 3 is 2.18 bits per heavy atom. The predicted molar refractivity (Wildman–Crippen MR) is 128 cm³/mol. The lowest BCUT2D eigenvalue weighted by Gasteiger charge is -2.20. The van der Waals surface area contributed by atoms with Gasteiger partial charge in [-0.25, -0.2) is 4.79 Å². The molecule has 34 heavy (non-hydrogen) atoms. The van der Waals surface area contributed by atoms with Gasteiger partial charge in [0.25, 0.3) is 0 Å². The number of pyridine rings is 1. The predicted octanol–water partition coefficient (Wildman–Crippen LogP) is 7.56. The van der Waals surface area contributed by atoms with Gasteiger partial charge in [-0.2, -0.15) is 13.2 Å². The number of hydrogen-bond donors (Lipinski definition) is 0. The highest BCUT2D eigenvalue weighted by molar-refractivity contribution is 5.90. The van der Waals surface area contributed by atoms with E-state index in [4.69, 9.17) is 4.74 Å². The second-order valence-corrected chi connectivity index (χ2v) is 8.51. The van der Waals surface area contributed by atoms with Gasteiger partial charge < -0.3 is 9.47 Å². The lowest BCUT2D eigenvalue weighted by atomic mass is 10.0. The van der Waals surface area contributed by atoms with E-state index >= 15 is 0 Å². The fourth-order valence-corrected chi connectivity index (χ4v) is 3.53. The Labute approximate surface area is 200 Å². The van der Waals surface area contributed by atoms with Crippen LogP contribution in [0.15, 0.2) is 42.6 Å². The SMILES string of the molecule is CCCCCCCCCc1ccc(-c2ccc(C(=O)OC(COCCC)C(F)(F)F)cc2)nc1. The minimum atomic E-state index is -4.69. The number of carbonyl (C=O) groups excluding carboxylic acids is 1. The fraction of sp³-hybridized carbons (Fsp3) is 0.556. The molecule has 1 heterocycles. The van der Waals surface area contributed by atoms with E-state index in [-0.39, 0.29) is 12.2 Å². The topological polar surface area (TPSA) is 48.4 Å². The Bertz CT molecular complexity index is 836. The third-order valence-corrected chi connectivity index (χ3v) is 5.54. The average molecular weight is 480 g/mol. The Kier molecular flexibility index (Phi) is 12.1. The van der Waals surface area contributed by atoms with Gasteiger partial charge in [-0.1, -0.05) is 70.6 Å². The number of halogens is 3. The molecule has 4 nitrogen and oxygen atoms in total. The molecule has 0 aliphatic heterocycles. The van der Waals surface area contributed by atoms with Crippen LogP contribution in [0.25, 0.3) is 11.3 Å². The van der Waals surface area contributed by atoms with E-state index in [0.29, 0.717) is 6.42 Å². The van der Waals surface area contributed by atoms with Crippen molar-refractivity contribution in [3.8, 4) is 11.3 Å². The van der Waals surface area contributed by atoms with Crippen molar-refractivity contribution < 1.29 is 27.4 Å². The monoisotopic (exact) mass is 479 g/mol. The van der Waals surface area contributed by atoms with Gasteiger partial charge in [-0.05, 0) is 43.0 Å². The summed E-state index contributed by atoms with van der Waals surface area (Å²) in [6, 6.07) is 10.2. The van der Waals surface area contributed by atoms with E-state index < -0.39 is 24.9 Å². The highest BCUT2D eigenvalue weighted by Crippen LogP contribution is 2.25. The first-order valence-corrected chi connectivity index (χ1v) is 12.3. The molecule has 2 aromatic rings. The molecule has 0 aliphatic carbocycles. The number of benzene rings is 1. The van der Waals surface area contributed by atoms with Gasteiger partial charge in [-0.3, -0.25) is 4.98 Å². The second kappa shape index (κ2) is 14.8. The van der Waals surface area contributed by atoms with Crippen LogP contribution < -0.4 is 0 Å². The van der Waals surface area contributed by atoms with Crippen molar-refractivity contribution in [2.75, 3.05) is 13.2 Å². The summed E-state index contributed by atoms with van der Waals surface area (Å²) in [4.78, 5) is 16.7. The highest BCUT2D eigenvalue weighted by Gasteiger charge is 2.43. The summed E-state index contributed by atoms with van der Waals surface area (Å²) in [5.41, 5.74) is 2.74. The summed E-state index contributed by atoms with van der Waals surface area (Å²) in [5, 5.41) is 0. The maximum Gasteiger partial charge on any atom is 0.427 e. The molecule has 1 atom stereocenters. The lowest BCUT2D eigenvalue weighted by molar-refractivity contribution is -0.217. The van der Waals surface area contributed by atoms with E-state index in [1.165, 1.54) is 56.2 Å². The number of ether oxygens (including phenoxy) is 2. The van der Waals surface area contributed by atoms with Crippen LogP contribution in [0.1, 0.15) is 81.1 Å². The molecule has 0 bridgehead atoms. The number of nitrogens with zero attached hydrogens (tertiary/aromatic N) is 1. The molecule has 1 aromatic heterocycles. The first-order valence-electron chi connectivity index (χ1n) is 12.3. The van der Waals surface area contributed by atoms with Crippen molar-refractivity contribution in [1.82, 2.24) is 4.98 Å². The van der Waals surface area contributed by atoms with Gasteiger partial charge in [0.05, 0.1) is 17.9 Å². The number of hydrogen-bond acceptors (Lipinski definition) is 4. The molecule has 0 spiro atoms. The standard InChI is InChI=1S/C27H36F3NO3/c1-3-5-6-7-8-9-10-11-21-12-17-24(31-19-21)22-13-15-23(16-14-22)26(32)34-25(27(28,29)30)20-33-18-4-2/h12-17,19,25H,3-11,18,20H2,1-2H3. The zero-order valence-electron chi connectivity index (χ0n) is 20.2. The van der Waals surface area contributed by atoms with Gasteiger partial charge in [-0.15, -0.1) is 0 Å². The van der Waals surface area contributed by atoms with Crippen LogP contribution in [0.4, 0.5) is 13.2 Å². The number of esters is 1. The maximum absolute atomic E-state index is 13.1. The summed E-state index contributed by atoms with van der Waals surface area (Å²) in [6.45, 7) is 3.47. The number of aromatic nitrogens is 1. The van der Waals surface area contributed by atoms with Crippen molar-refractivity contribution in [2.24, 2.45) is 0 Å². The number of aryl methyl sites for hydroxylation is 1. The fourth-order valence-electron chi connectivity index (χ4n) is 3.53. The van der Waals surface area contributed by atoms with E-state index in [1.54, 1.807) is 19.1 Å². The number of alkyl halides is 3. The normalized spacial score (nSPS) is 12.5. The summed E-state index contributed by atoms with van der Waals surface area (Å²) in [5.74, 6) is -1.04. The summed E-state index contributed by atoms with van der Waals surface area (Å²) in [7, 11) is 0. The van der Waals surface area contributed by atoms with Gasteiger partial charge in [0.1, 0.15) is 0 Å². The van der Waals surface area contributed by atoms with E-state index in [2.05, 4.69) is 16.6 Å². The lowest BCUT2D eigenvalue weighted by Crippen LogP contribution is -2.38. The van der Waals surface area contributed by atoms with Crippen molar-refractivity contribution in [1.29, 1.82) is 0 Å². The van der Waals surface area contributed by atoms with Crippen LogP contribution >= 0.6 is 0 Å². The number of carbonyl (C=O) groups is 1. The van der Waals surface area contributed by atoms with Crippen LogP contribution in [0.3, 0.4) is 0 Å². The third kappa shape index (κ3) is 9.84. The minimum absolute atomic E-state index is 0.0454. The molecule has 7 heteroatoms. The van der Waals surface area contributed by atoms with Gasteiger partial charge in [0.15, 0.2) is 0 Å². The van der Waals surface area contributed by atoms with Crippen molar-refractivity contribution >= 4 is 5.97 Å². The molecule has 0 saturated carbocycles. The highest BCUT2D eigenvalue weighted by atomic mass is 19.4. The molecule has 0 saturated heterocycles. The number of rotatable bonds is 15. The molecular weight excluding hydrogens is 443 g/mol. The molecule has 1 aromatic carbocycles. The molecule has 0 radical (unpaired) electrons. The largest absolute Gasteiger partial charge is 0.447 e. The molecule has 0 amide bonds. The Morgan fingerprint density at radius 1 is 0.912 bits per heavy atom. The van der Waals surface area contributed by atoms with Gasteiger partial charge in [0, 0.05) is 18.4 Å². The van der Waals surface area contributed by atoms with E-state index in [1.807, 2.05) is 18.3 Å². The average Bonchev–Trinajstić information content (AvgIpc) is 2.83. The van der Waals surface area contributed by atoms with Crippen LogP contribution in [0, 0.1) is 0 Å². The molecule has 0 N–H and O–H groups in total. The summed E-state index contributed by atoms with van der Waals surface area (Å²) >= 11 is 0. The maximum atomic E-state index is 13.1. The van der Waals surface area contributed by atoms with Crippen LogP contribution in [0.2, 0.25) is 0 Å².